The molecule has 1 aromatic carbocycles. The van der Waals surface area contributed by atoms with Crippen LogP contribution in [0.25, 0.3) is 0 Å². The van der Waals surface area contributed by atoms with Crippen LogP contribution < -0.4 is 5.01 Å². The van der Waals surface area contributed by atoms with Gasteiger partial charge in [0.25, 0.3) is 0 Å². The monoisotopic (exact) mass is 280 g/mol. The summed E-state index contributed by atoms with van der Waals surface area (Å²) < 4.78 is 2.18. The van der Waals surface area contributed by atoms with E-state index in [-0.39, 0.29) is 0 Å². The highest BCUT2D eigenvalue weighted by Crippen LogP contribution is 2.36. The lowest BCUT2D eigenvalue weighted by molar-refractivity contribution is 0.417. The number of nitrogens with zero attached hydrogens (tertiary/aromatic N) is 2. The maximum absolute atomic E-state index is 3.65. The zero-order valence-electron chi connectivity index (χ0n) is 9.40. The fourth-order valence-corrected chi connectivity index (χ4v) is 3.43. The van der Waals surface area contributed by atoms with E-state index in [0.717, 1.165) is 12.5 Å². The van der Waals surface area contributed by atoms with E-state index in [2.05, 4.69) is 49.5 Å². The number of fused-ring (bicyclic) bond motifs is 1. The Labute approximate surface area is 106 Å². The summed E-state index contributed by atoms with van der Waals surface area (Å²) in [6.45, 7) is 2.16. The van der Waals surface area contributed by atoms with Crippen molar-refractivity contribution in [2.24, 2.45) is 5.92 Å². The van der Waals surface area contributed by atoms with Crippen LogP contribution in [0.5, 0.6) is 0 Å². The number of hydrogen-bond acceptors (Lipinski definition) is 2. The molecule has 0 saturated heterocycles. The number of halogens is 1. The van der Waals surface area contributed by atoms with Gasteiger partial charge in [-0.15, -0.1) is 0 Å². The van der Waals surface area contributed by atoms with Crippen molar-refractivity contribution in [3.05, 3.63) is 29.8 Å². The lowest BCUT2D eigenvalue weighted by Crippen LogP contribution is -2.34. The van der Waals surface area contributed by atoms with Crippen LogP contribution in [0, 0.1) is 5.92 Å². The van der Waals surface area contributed by atoms with E-state index in [4.69, 9.17) is 0 Å². The first-order chi connectivity index (χ1) is 7.84. The largest absolute Gasteiger partial charge is 0.295 e. The molecule has 1 saturated carbocycles. The van der Waals surface area contributed by atoms with Gasteiger partial charge < -0.3 is 0 Å². The highest BCUT2D eigenvalue weighted by Gasteiger charge is 2.28. The molecule has 16 heavy (non-hydrogen) atoms. The molecule has 1 heterocycles. The minimum atomic E-state index is 0.881. The van der Waals surface area contributed by atoms with Crippen molar-refractivity contribution in [3.63, 3.8) is 0 Å². The maximum atomic E-state index is 3.65. The first-order valence-corrected chi connectivity index (χ1v) is 6.84. The third-order valence-corrected chi connectivity index (χ3v) is 4.37. The van der Waals surface area contributed by atoms with Crippen molar-refractivity contribution in [3.8, 4) is 0 Å². The summed E-state index contributed by atoms with van der Waals surface area (Å²) in [5.74, 6) is 0.881. The van der Waals surface area contributed by atoms with Gasteiger partial charge >= 0.3 is 0 Å². The summed E-state index contributed by atoms with van der Waals surface area (Å²) in [6.07, 6.45) is 5.64. The van der Waals surface area contributed by atoms with E-state index >= 15 is 0 Å². The fourth-order valence-electron chi connectivity index (χ4n) is 2.86. The van der Waals surface area contributed by atoms with Gasteiger partial charge in [0, 0.05) is 22.7 Å². The predicted molar refractivity (Wildman–Crippen MR) is 70.2 cm³/mol. The smallest absolute Gasteiger partial charge is 0.0577 e. The molecule has 0 radical (unpaired) electrons. The molecule has 2 nitrogen and oxygen atoms in total. The van der Waals surface area contributed by atoms with Gasteiger partial charge in [0.2, 0.25) is 0 Å². The molecule has 1 aromatic rings. The molecule has 3 heteroatoms. The average Bonchev–Trinajstić information content (AvgIpc) is 2.89. The second kappa shape index (κ2) is 4.38. The Balaban J connectivity index is 1.79. The van der Waals surface area contributed by atoms with Crippen LogP contribution in [-0.2, 0) is 6.54 Å². The molecule has 0 unspecified atom stereocenters. The summed E-state index contributed by atoms with van der Waals surface area (Å²) in [7, 11) is 0. The fraction of sp³-hybridized carbons (Fsp3) is 0.538. The molecule has 1 aliphatic carbocycles. The number of rotatable bonds is 2. The van der Waals surface area contributed by atoms with Gasteiger partial charge in [-0.1, -0.05) is 31.0 Å². The van der Waals surface area contributed by atoms with Crippen molar-refractivity contribution < 1.29 is 0 Å². The normalized spacial score (nSPS) is 21.7. The molecule has 0 spiro atoms. The van der Waals surface area contributed by atoms with Crippen LogP contribution >= 0.6 is 16.1 Å². The number of benzene rings is 1. The Morgan fingerprint density at radius 1 is 1.19 bits per heavy atom. The van der Waals surface area contributed by atoms with Crippen molar-refractivity contribution in [2.75, 3.05) is 11.6 Å². The molecular formula is C13H17BrN2. The molecule has 3 rings (SSSR count). The van der Waals surface area contributed by atoms with Gasteiger partial charge in [-0.05, 0) is 30.4 Å². The highest BCUT2D eigenvalue weighted by molar-refractivity contribution is 9.07. The Hall–Kier alpha value is -0.540. The van der Waals surface area contributed by atoms with Crippen LogP contribution in [0.1, 0.15) is 31.2 Å². The summed E-state index contributed by atoms with van der Waals surface area (Å²) in [4.78, 5) is 0. The van der Waals surface area contributed by atoms with E-state index in [1.54, 1.807) is 0 Å². The number of anilines is 1. The topological polar surface area (TPSA) is 6.48 Å². The predicted octanol–water partition coefficient (Wildman–Crippen LogP) is 3.72. The van der Waals surface area contributed by atoms with Crippen molar-refractivity contribution in [2.45, 2.75) is 32.2 Å². The summed E-state index contributed by atoms with van der Waals surface area (Å²) in [5.41, 5.74) is 2.81. The van der Waals surface area contributed by atoms with Gasteiger partial charge in [-0.3, -0.25) is 5.01 Å². The van der Waals surface area contributed by atoms with E-state index in [1.165, 1.54) is 43.5 Å². The summed E-state index contributed by atoms with van der Waals surface area (Å²) in [5, 5.41) is 2.39. The number of hydrogen-bond donors (Lipinski definition) is 0. The van der Waals surface area contributed by atoms with E-state index in [0.29, 0.717) is 0 Å². The van der Waals surface area contributed by atoms with E-state index < -0.39 is 0 Å². The Kier molecular flexibility index (Phi) is 2.90. The number of hydrazine groups is 1. The molecule has 0 bridgehead atoms. The lowest BCUT2D eigenvalue weighted by atomic mass is 10.1. The van der Waals surface area contributed by atoms with Crippen molar-refractivity contribution in [1.29, 1.82) is 0 Å². The van der Waals surface area contributed by atoms with Gasteiger partial charge in [0.05, 0.1) is 12.2 Å². The van der Waals surface area contributed by atoms with Crippen LogP contribution in [0.4, 0.5) is 5.69 Å². The van der Waals surface area contributed by atoms with Crippen LogP contribution in [-0.4, -0.2) is 10.6 Å². The van der Waals surface area contributed by atoms with Crippen molar-refractivity contribution >= 4 is 21.8 Å². The molecule has 2 aliphatic rings. The molecule has 1 aliphatic heterocycles. The minimum Gasteiger partial charge on any atom is -0.295 e. The molecule has 86 valence electrons. The molecule has 0 atom stereocenters. The molecule has 1 fully saturated rings. The molecular weight excluding hydrogens is 264 g/mol. The summed E-state index contributed by atoms with van der Waals surface area (Å²) >= 11 is 3.65. The van der Waals surface area contributed by atoms with Crippen LogP contribution in [0.15, 0.2) is 24.3 Å². The molecule has 0 aromatic heterocycles. The van der Waals surface area contributed by atoms with Gasteiger partial charge in [0.1, 0.15) is 0 Å². The number of para-hydroxylation sites is 1. The maximum Gasteiger partial charge on any atom is 0.0577 e. The van der Waals surface area contributed by atoms with Gasteiger partial charge in [-0.2, -0.15) is 4.03 Å². The third-order valence-electron chi connectivity index (χ3n) is 3.74. The van der Waals surface area contributed by atoms with E-state index in [9.17, 15) is 0 Å². The highest BCUT2D eigenvalue weighted by atomic mass is 79.9. The van der Waals surface area contributed by atoms with Crippen molar-refractivity contribution in [1.82, 2.24) is 4.03 Å². The van der Waals surface area contributed by atoms with Crippen LogP contribution in [0.3, 0.4) is 0 Å². The Bertz CT molecular complexity index is 374. The van der Waals surface area contributed by atoms with Gasteiger partial charge in [0.15, 0.2) is 0 Å². The third kappa shape index (κ3) is 1.87. The second-order valence-electron chi connectivity index (χ2n) is 4.86. The SMILES string of the molecule is BrN1Cc2ccccc2N1CC1CCCC1. The van der Waals surface area contributed by atoms with Gasteiger partial charge in [-0.25, -0.2) is 0 Å². The van der Waals surface area contributed by atoms with Crippen LogP contribution in [0.2, 0.25) is 0 Å². The zero-order chi connectivity index (χ0) is 11.0. The first-order valence-electron chi connectivity index (χ1n) is 6.13. The average molecular weight is 281 g/mol. The standard InChI is InChI=1S/C13H17BrN2/c14-16-10-12-7-3-4-8-13(12)15(16)9-11-5-1-2-6-11/h3-4,7-8,11H,1-2,5-6,9-10H2. The lowest BCUT2D eigenvalue weighted by Gasteiger charge is -2.27. The summed E-state index contributed by atoms with van der Waals surface area (Å²) in [6, 6.07) is 8.70. The quantitative estimate of drug-likeness (QED) is 0.762. The Morgan fingerprint density at radius 3 is 2.75 bits per heavy atom. The zero-order valence-corrected chi connectivity index (χ0v) is 11.0. The molecule has 0 amide bonds. The molecule has 0 N–H and O–H groups in total. The minimum absolute atomic E-state index is 0.881. The van der Waals surface area contributed by atoms with E-state index in [1.807, 2.05) is 0 Å². The first kappa shape index (κ1) is 10.6. The Morgan fingerprint density at radius 2 is 1.94 bits per heavy atom. The second-order valence-corrected chi connectivity index (χ2v) is 5.67.